The predicted octanol–water partition coefficient (Wildman–Crippen LogP) is 5.10. The summed E-state index contributed by atoms with van der Waals surface area (Å²) < 4.78 is 5.26. The summed E-state index contributed by atoms with van der Waals surface area (Å²) in [6.07, 6.45) is 4.96. The van der Waals surface area contributed by atoms with Gasteiger partial charge in [0.15, 0.2) is 0 Å². The minimum atomic E-state index is -0.473. The zero-order valence-corrected chi connectivity index (χ0v) is 20.8. The highest BCUT2D eigenvalue weighted by Gasteiger charge is 2.30. The maximum atomic E-state index is 13.4. The minimum absolute atomic E-state index is 0.00201. The number of hydrogen-bond acceptors (Lipinski definition) is 4. The van der Waals surface area contributed by atoms with E-state index in [1.807, 2.05) is 43.3 Å². The second-order valence-electron chi connectivity index (χ2n) is 8.70. The number of thioether (sulfide) groups is 1. The van der Waals surface area contributed by atoms with Crippen LogP contribution in [-0.2, 0) is 21.9 Å². The van der Waals surface area contributed by atoms with Gasteiger partial charge in [-0.3, -0.25) is 9.59 Å². The van der Waals surface area contributed by atoms with Crippen molar-refractivity contribution >= 4 is 23.6 Å². The van der Waals surface area contributed by atoms with Crippen LogP contribution in [0.25, 0.3) is 0 Å². The fourth-order valence-electron chi connectivity index (χ4n) is 4.32. The topological polar surface area (TPSA) is 58.6 Å². The van der Waals surface area contributed by atoms with E-state index in [4.69, 9.17) is 4.74 Å². The van der Waals surface area contributed by atoms with E-state index in [0.717, 1.165) is 42.7 Å². The lowest BCUT2D eigenvalue weighted by Crippen LogP contribution is -2.51. The van der Waals surface area contributed by atoms with Gasteiger partial charge in [0, 0.05) is 18.3 Å². The Balaban J connectivity index is 1.71. The van der Waals surface area contributed by atoms with E-state index in [1.54, 1.807) is 23.8 Å². The first-order valence-corrected chi connectivity index (χ1v) is 13.0. The second kappa shape index (κ2) is 12.7. The van der Waals surface area contributed by atoms with Crippen LogP contribution >= 0.6 is 11.8 Å². The second-order valence-corrected chi connectivity index (χ2v) is 9.69. The minimum Gasteiger partial charge on any atom is -0.497 e. The van der Waals surface area contributed by atoms with Crippen molar-refractivity contribution in [2.45, 2.75) is 70.3 Å². The van der Waals surface area contributed by atoms with Crippen LogP contribution in [0, 0.1) is 6.92 Å². The van der Waals surface area contributed by atoms with E-state index >= 15 is 0 Å². The van der Waals surface area contributed by atoms with Gasteiger partial charge in [0.1, 0.15) is 11.8 Å². The number of hydrogen-bond donors (Lipinski definition) is 1. The van der Waals surface area contributed by atoms with E-state index in [0.29, 0.717) is 18.7 Å². The number of benzene rings is 2. The van der Waals surface area contributed by atoms with Gasteiger partial charge in [0.25, 0.3) is 0 Å². The summed E-state index contributed by atoms with van der Waals surface area (Å²) in [6.45, 7) is 4.48. The Morgan fingerprint density at radius 3 is 2.45 bits per heavy atom. The van der Waals surface area contributed by atoms with Gasteiger partial charge in [-0.25, -0.2) is 0 Å². The predicted molar refractivity (Wildman–Crippen MR) is 135 cm³/mol. The van der Waals surface area contributed by atoms with Gasteiger partial charge in [-0.1, -0.05) is 56.2 Å². The summed E-state index contributed by atoms with van der Waals surface area (Å²) in [6, 6.07) is 15.7. The molecule has 1 unspecified atom stereocenters. The van der Waals surface area contributed by atoms with Crippen LogP contribution in [0.2, 0.25) is 0 Å². The van der Waals surface area contributed by atoms with Crippen molar-refractivity contribution in [2.75, 3.05) is 12.9 Å². The quantitative estimate of drug-likeness (QED) is 0.498. The summed E-state index contributed by atoms with van der Waals surface area (Å²) in [5, 5.41) is 3.20. The van der Waals surface area contributed by atoms with Crippen LogP contribution in [0.5, 0.6) is 5.75 Å². The number of carbonyl (C=O) groups excluding carboxylic acids is 2. The highest BCUT2D eigenvalue weighted by Crippen LogP contribution is 2.22. The third-order valence-corrected chi connectivity index (χ3v) is 7.31. The first-order valence-electron chi connectivity index (χ1n) is 11.9. The van der Waals surface area contributed by atoms with Gasteiger partial charge in [0.2, 0.25) is 11.8 Å². The number of aryl methyl sites for hydroxylation is 1. The summed E-state index contributed by atoms with van der Waals surface area (Å²) in [5.41, 5.74) is 3.46. The Hall–Kier alpha value is -2.47. The molecule has 178 valence electrons. The molecule has 0 aromatic heterocycles. The fourth-order valence-corrected chi connectivity index (χ4v) is 5.30. The lowest BCUT2D eigenvalue weighted by molar-refractivity contribution is -0.139. The maximum absolute atomic E-state index is 13.4. The Labute approximate surface area is 202 Å². The van der Waals surface area contributed by atoms with Crippen molar-refractivity contribution < 1.29 is 14.3 Å². The summed E-state index contributed by atoms with van der Waals surface area (Å²) >= 11 is 1.60. The molecule has 1 aliphatic rings. The summed E-state index contributed by atoms with van der Waals surface area (Å²) in [5.74, 6) is 1.86. The standard InChI is InChI=1S/C27H36N2O3S/c1-4-25(27(31)28-23-11-7-8-12-23)29(17-21-13-15-24(32-3)16-14-21)26(30)19-33-18-22-10-6-5-9-20(22)2/h5-6,9-10,13-16,23,25H,4,7-8,11-12,17-19H2,1-3H3,(H,28,31). The molecule has 0 aliphatic heterocycles. The van der Waals surface area contributed by atoms with Gasteiger partial charge in [0.05, 0.1) is 12.9 Å². The lowest BCUT2D eigenvalue weighted by Gasteiger charge is -2.31. The number of ether oxygens (including phenoxy) is 1. The SMILES string of the molecule is CCC(C(=O)NC1CCCC1)N(Cc1ccc(OC)cc1)C(=O)CSCc1ccccc1C. The number of nitrogens with zero attached hydrogens (tertiary/aromatic N) is 1. The highest BCUT2D eigenvalue weighted by molar-refractivity contribution is 7.99. The number of nitrogens with one attached hydrogen (secondary N) is 1. The molecule has 1 fully saturated rings. The van der Waals surface area contributed by atoms with Crippen LogP contribution in [0.3, 0.4) is 0 Å². The zero-order chi connectivity index (χ0) is 23.6. The number of carbonyl (C=O) groups is 2. The molecule has 1 saturated carbocycles. The molecule has 2 aromatic carbocycles. The van der Waals surface area contributed by atoms with Crippen molar-refractivity contribution in [2.24, 2.45) is 0 Å². The van der Waals surface area contributed by atoms with Gasteiger partial charge >= 0.3 is 0 Å². The molecule has 1 atom stereocenters. The largest absolute Gasteiger partial charge is 0.497 e. The van der Waals surface area contributed by atoms with Crippen molar-refractivity contribution in [3.05, 3.63) is 65.2 Å². The van der Waals surface area contributed by atoms with Crippen LogP contribution in [0.15, 0.2) is 48.5 Å². The van der Waals surface area contributed by atoms with Crippen molar-refractivity contribution in [3.63, 3.8) is 0 Å². The molecule has 0 heterocycles. The molecular weight excluding hydrogens is 432 g/mol. The third-order valence-electron chi connectivity index (χ3n) is 6.34. The van der Waals surface area contributed by atoms with Gasteiger partial charge in [-0.2, -0.15) is 0 Å². The van der Waals surface area contributed by atoms with E-state index in [2.05, 4.69) is 24.4 Å². The molecule has 5 nitrogen and oxygen atoms in total. The molecular formula is C27H36N2O3S. The first kappa shape index (κ1) is 25.2. The monoisotopic (exact) mass is 468 g/mol. The van der Waals surface area contributed by atoms with Crippen molar-refractivity contribution in [1.29, 1.82) is 0 Å². The van der Waals surface area contributed by atoms with Crippen molar-refractivity contribution in [1.82, 2.24) is 10.2 Å². The lowest BCUT2D eigenvalue weighted by atomic mass is 10.1. The Kier molecular flexibility index (Phi) is 9.67. The Morgan fingerprint density at radius 2 is 1.82 bits per heavy atom. The number of rotatable bonds is 11. The van der Waals surface area contributed by atoms with Gasteiger partial charge in [-0.05, 0) is 55.0 Å². The van der Waals surface area contributed by atoms with E-state index in [-0.39, 0.29) is 17.9 Å². The van der Waals surface area contributed by atoms with Crippen LogP contribution in [0.1, 0.15) is 55.7 Å². The Morgan fingerprint density at radius 1 is 1.12 bits per heavy atom. The molecule has 6 heteroatoms. The molecule has 0 saturated heterocycles. The van der Waals surface area contributed by atoms with Crippen LogP contribution < -0.4 is 10.1 Å². The summed E-state index contributed by atoms with van der Waals surface area (Å²) in [4.78, 5) is 28.3. The fraction of sp³-hybridized carbons (Fsp3) is 0.481. The van der Waals surface area contributed by atoms with Gasteiger partial charge < -0.3 is 15.0 Å². The average molecular weight is 469 g/mol. The Bertz CT molecular complexity index is 910. The summed E-state index contributed by atoms with van der Waals surface area (Å²) in [7, 11) is 1.64. The molecule has 3 rings (SSSR count). The number of amides is 2. The molecule has 1 N–H and O–H groups in total. The normalized spacial score (nSPS) is 14.6. The third kappa shape index (κ3) is 7.26. The molecule has 0 bridgehead atoms. The zero-order valence-electron chi connectivity index (χ0n) is 20.0. The van der Waals surface area contributed by atoms with Crippen LogP contribution in [0.4, 0.5) is 0 Å². The molecule has 2 amide bonds. The highest BCUT2D eigenvalue weighted by atomic mass is 32.2. The van der Waals surface area contributed by atoms with E-state index < -0.39 is 6.04 Å². The first-order chi connectivity index (χ1) is 16.0. The molecule has 2 aromatic rings. The van der Waals surface area contributed by atoms with Crippen molar-refractivity contribution in [3.8, 4) is 5.75 Å². The number of methoxy groups -OCH3 is 1. The molecule has 1 aliphatic carbocycles. The molecule has 0 radical (unpaired) electrons. The van der Waals surface area contributed by atoms with Gasteiger partial charge in [-0.15, -0.1) is 11.8 Å². The average Bonchev–Trinajstić information content (AvgIpc) is 3.33. The maximum Gasteiger partial charge on any atom is 0.243 e. The molecule has 0 spiro atoms. The molecule has 33 heavy (non-hydrogen) atoms. The van der Waals surface area contributed by atoms with E-state index in [1.165, 1.54) is 11.1 Å². The smallest absolute Gasteiger partial charge is 0.243 e. The van der Waals surface area contributed by atoms with E-state index in [9.17, 15) is 9.59 Å². The van der Waals surface area contributed by atoms with Crippen LogP contribution in [-0.4, -0.2) is 41.7 Å².